The Balaban J connectivity index is 1.23. The third-order valence-corrected chi connectivity index (χ3v) is 5.54. The third kappa shape index (κ3) is 6.33. The highest BCUT2D eigenvalue weighted by Crippen LogP contribution is 2.27. The van der Waals surface area contributed by atoms with Gasteiger partial charge in [-0.2, -0.15) is 10.1 Å². The minimum atomic E-state index is -4.76. The van der Waals surface area contributed by atoms with Gasteiger partial charge < -0.3 is 14.6 Å². The molecule has 0 radical (unpaired) electrons. The fraction of sp³-hybridized carbons (Fsp3) is 0.192. The SMILES string of the molecule is Cc1cc(-c2nc(-c3ccc(OC(F)(F)F)cc3)no2)nn1Cc1ccnc(NCCc2ccccn2)c1. The predicted octanol–water partition coefficient (Wildman–Crippen LogP) is 5.30. The maximum atomic E-state index is 12.4. The molecule has 5 rings (SSSR count). The van der Waals surface area contributed by atoms with Crippen molar-refractivity contribution in [2.24, 2.45) is 0 Å². The van der Waals surface area contributed by atoms with Crippen molar-refractivity contribution in [1.82, 2.24) is 29.9 Å². The van der Waals surface area contributed by atoms with Crippen molar-refractivity contribution in [3.8, 4) is 28.7 Å². The molecule has 0 atom stereocenters. The second kappa shape index (κ2) is 10.7. The molecule has 1 N–H and O–H groups in total. The Morgan fingerprint density at radius 1 is 1.00 bits per heavy atom. The lowest BCUT2D eigenvalue weighted by molar-refractivity contribution is -0.274. The van der Waals surface area contributed by atoms with Crippen LogP contribution in [0.25, 0.3) is 23.0 Å². The molecule has 38 heavy (non-hydrogen) atoms. The number of aryl methyl sites for hydroxylation is 1. The quantitative estimate of drug-likeness (QED) is 0.279. The van der Waals surface area contributed by atoms with Crippen LogP contribution >= 0.6 is 0 Å². The predicted molar refractivity (Wildman–Crippen MR) is 132 cm³/mol. The molecular formula is C26H22F3N7O2. The number of nitrogens with one attached hydrogen (secondary N) is 1. The van der Waals surface area contributed by atoms with Gasteiger partial charge in [0.1, 0.15) is 11.6 Å². The molecule has 0 fully saturated rings. The number of aromatic nitrogens is 6. The van der Waals surface area contributed by atoms with Gasteiger partial charge in [0.25, 0.3) is 5.89 Å². The highest BCUT2D eigenvalue weighted by Gasteiger charge is 2.31. The van der Waals surface area contributed by atoms with Crippen LogP contribution < -0.4 is 10.1 Å². The fourth-order valence-corrected chi connectivity index (χ4v) is 3.73. The van der Waals surface area contributed by atoms with Crippen LogP contribution in [0.1, 0.15) is 17.0 Å². The Labute approximate surface area is 215 Å². The Bertz CT molecular complexity index is 1500. The van der Waals surface area contributed by atoms with E-state index in [1.54, 1.807) is 12.4 Å². The number of anilines is 1. The van der Waals surface area contributed by atoms with Crippen LogP contribution in [0, 0.1) is 6.92 Å². The molecule has 5 aromatic rings. The molecule has 0 unspecified atom stereocenters. The largest absolute Gasteiger partial charge is 0.573 e. The van der Waals surface area contributed by atoms with E-state index in [1.165, 1.54) is 24.3 Å². The van der Waals surface area contributed by atoms with Gasteiger partial charge in [-0.3, -0.25) is 9.67 Å². The summed E-state index contributed by atoms with van der Waals surface area (Å²) in [5, 5.41) is 11.8. The van der Waals surface area contributed by atoms with E-state index in [1.807, 2.05) is 48.0 Å². The lowest BCUT2D eigenvalue weighted by atomic mass is 10.2. The Morgan fingerprint density at radius 3 is 2.61 bits per heavy atom. The Hall–Kier alpha value is -4.74. The number of alkyl halides is 3. The van der Waals surface area contributed by atoms with Gasteiger partial charge >= 0.3 is 6.36 Å². The second-order valence-electron chi connectivity index (χ2n) is 8.37. The lowest BCUT2D eigenvalue weighted by Crippen LogP contribution is -2.16. The van der Waals surface area contributed by atoms with Crippen molar-refractivity contribution < 1.29 is 22.4 Å². The molecule has 0 saturated carbocycles. The van der Waals surface area contributed by atoms with Crippen LogP contribution in [-0.4, -0.2) is 42.8 Å². The van der Waals surface area contributed by atoms with E-state index in [0.29, 0.717) is 24.3 Å². The smallest absolute Gasteiger partial charge is 0.406 e. The van der Waals surface area contributed by atoms with E-state index in [-0.39, 0.29) is 17.5 Å². The average molecular weight is 522 g/mol. The third-order valence-electron chi connectivity index (χ3n) is 5.54. The summed E-state index contributed by atoms with van der Waals surface area (Å²) in [7, 11) is 0. The minimum absolute atomic E-state index is 0.198. The van der Waals surface area contributed by atoms with Crippen molar-refractivity contribution in [3.05, 3.63) is 90.0 Å². The van der Waals surface area contributed by atoms with E-state index in [2.05, 4.69) is 35.3 Å². The van der Waals surface area contributed by atoms with Gasteiger partial charge in [-0.15, -0.1) is 13.2 Å². The van der Waals surface area contributed by atoms with Crippen molar-refractivity contribution in [3.63, 3.8) is 0 Å². The summed E-state index contributed by atoms with van der Waals surface area (Å²) >= 11 is 0. The zero-order valence-electron chi connectivity index (χ0n) is 20.2. The molecule has 9 nitrogen and oxygen atoms in total. The van der Waals surface area contributed by atoms with E-state index < -0.39 is 6.36 Å². The van der Waals surface area contributed by atoms with Gasteiger partial charge in [-0.05, 0) is 67.1 Å². The molecule has 0 spiro atoms. The molecule has 4 aromatic heterocycles. The number of rotatable bonds is 9. The summed E-state index contributed by atoms with van der Waals surface area (Å²) in [4.78, 5) is 13.1. The summed E-state index contributed by atoms with van der Waals surface area (Å²) < 4.78 is 48.2. The van der Waals surface area contributed by atoms with Gasteiger partial charge in [0.05, 0.1) is 6.54 Å². The van der Waals surface area contributed by atoms with E-state index in [4.69, 9.17) is 4.52 Å². The van der Waals surface area contributed by atoms with Crippen LogP contribution in [0.3, 0.4) is 0 Å². The summed E-state index contributed by atoms with van der Waals surface area (Å²) in [5.41, 5.74) is 3.86. The molecule has 4 heterocycles. The summed E-state index contributed by atoms with van der Waals surface area (Å²) in [6.07, 6.45) is -0.455. The molecule has 0 aliphatic carbocycles. The molecule has 194 valence electrons. The maximum Gasteiger partial charge on any atom is 0.573 e. The normalized spacial score (nSPS) is 11.5. The zero-order chi connectivity index (χ0) is 26.5. The zero-order valence-corrected chi connectivity index (χ0v) is 20.2. The lowest BCUT2D eigenvalue weighted by Gasteiger charge is -2.08. The van der Waals surface area contributed by atoms with E-state index >= 15 is 0 Å². The highest BCUT2D eigenvalue weighted by molar-refractivity contribution is 5.59. The summed E-state index contributed by atoms with van der Waals surface area (Å²) in [6.45, 7) is 3.13. The molecule has 0 amide bonds. The number of pyridine rings is 2. The summed E-state index contributed by atoms with van der Waals surface area (Å²) in [5.74, 6) is 0.851. The first-order valence-corrected chi connectivity index (χ1v) is 11.7. The Morgan fingerprint density at radius 2 is 1.84 bits per heavy atom. The van der Waals surface area contributed by atoms with E-state index in [9.17, 15) is 13.2 Å². The molecule has 1 aromatic carbocycles. The first-order valence-electron chi connectivity index (χ1n) is 11.7. The van der Waals surface area contributed by atoms with Gasteiger partial charge in [0.15, 0.2) is 5.69 Å². The maximum absolute atomic E-state index is 12.4. The van der Waals surface area contributed by atoms with Crippen LogP contribution in [0.5, 0.6) is 5.75 Å². The molecular weight excluding hydrogens is 499 g/mol. The van der Waals surface area contributed by atoms with Crippen molar-refractivity contribution in [2.45, 2.75) is 26.3 Å². The number of ether oxygens (including phenoxy) is 1. The van der Waals surface area contributed by atoms with Gasteiger partial charge in [0.2, 0.25) is 5.82 Å². The van der Waals surface area contributed by atoms with Crippen LogP contribution in [-0.2, 0) is 13.0 Å². The van der Waals surface area contributed by atoms with Crippen molar-refractivity contribution in [1.29, 1.82) is 0 Å². The number of nitrogens with zero attached hydrogens (tertiary/aromatic N) is 6. The summed E-state index contributed by atoms with van der Waals surface area (Å²) in [6, 6.07) is 16.8. The molecule has 0 saturated heterocycles. The minimum Gasteiger partial charge on any atom is -0.406 e. The van der Waals surface area contributed by atoms with E-state index in [0.717, 1.165) is 29.2 Å². The topological polar surface area (TPSA) is 104 Å². The number of hydrogen-bond donors (Lipinski definition) is 1. The number of hydrogen-bond acceptors (Lipinski definition) is 8. The van der Waals surface area contributed by atoms with Gasteiger partial charge in [-0.1, -0.05) is 11.2 Å². The standard InChI is InChI=1S/C26H22F3N7O2/c1-17-14-22(25-33-24(35-38-25)19-5-7-21(8-6-19)37-26(27,28)29)34-36(17)16-18-9-12-31-23(15-18)32-13-10-20-4-2-3-11-30-20/h2-9,11-12,14-15H,10,13,16H2,1H3,(H,31,32). The second-order valence-corrected chi connectivity index (χ2v) is 8.37. The van der Waals surface area contributed by atoms with Crippen molar-refractivity contribution >= 4 is 5.82 Å². The molecule has 0 aliphatic rings. The molecule has 0 bridgehead atoms. The van der Waals surface area contributed by atoms with Crippen LogP contribution in [0.15, 0.2) is 77.6 Å². The number of halogens is 3. The van der Waals surface area contributed by atoms with Crippen LogP contribution in [0.4, 0.5) is 19.0 Å². The monoisotopic (exact) mass is 521 g/mol. The highest BCUT2D eigenvalue weighted by atomic mass is 19.4. The fourth-order valence-electron chi connectivity index (χ4n) is 3.73. The van der Waals surface area contributed by atoms with Gasteiger partial charge in [-0.25, -0.2) is 4.98 Å². The molecule has 12 heteroatoms. The number of benzene rings is 1. The first kappa shape index (κ1) is 24.9. The Kier molecular flexibility index (Phi) is 7.03. The first-order chi connectivity index (χ1) is 18.3. The molecule has 0 aliphatic heterocycles. The average Bonchev–Trinajstić information content (AvgIpc) is 3.52. The van der Waals surface area contributed by atoms with Crippen LogP contribution in [0.2, 0.25) is 0 Å². The van der Waals surface area contributed by atoms with Gasteiger partial charge in [0, 0.05) is 42.3 Å². The van der Waals surface area contributed by atoms with Crippen molar-refractivity contribution in [2.75, 3.05) is 11.9 Å².